The van der Waals surface area contributed by atoms with Crippen LogP contribution in [0.25, 0.3) is 10.9 Å². The van der Waals surface area contributed by atoms with E-state index in [9.17, 15) is 18.4 Å². The lowest BCUT2D eigenvalue weighted by molar-refractivity contribution is 0.102. The van der Waals surface area contributed by atoms with Crippen molar-refractivity contribution in [2.75, 3.05) is 10.6 Å². The van der Waals surface area contributed by atoms with Gasteiger partial charge in [-0.25, -0.2) is 23.5 Å². The number of halogens is 2. The number of rotatable bonds is 6. The number of aromatic nitrogens is 2. The van der Waals surface area contributed by atoms with Crippen LogP contribution in [0, 0.1) is 11.6 Å². The average Bonchev–Trinajstić information content (AvgIpc) is 2.78. The fourth-order valence-electron chi connectivity index (χ4n) is 3.21. The molecule has 1 heterocycles. The number of para-hydroxylation sites is 1. The molecule has 33 heavy (non-hydrogen) atoms. The molecule has 0 bridgehead atoms. The molecular weight excluding hydrogens is 432 g/mol. The van der Waals surface area contributed by atoms with Crippen LogP contribution in [0.15, 0.2) is 67.0 Å². The Morgan fingerprint density at radius 1 is 1.00 bits per heavy atom. The fourth-order valence-corrected chi connectivity index (χ4v) is 3.21. The number of carbonyl (C=O) groups excluding carboxylic acids is 2. The summed E-state index contributed by atoms with van der Waals surface area (Å²) in [6.45, 7) is 0.335. The molecule has 0 aliphatic heterocycles. The number of benzene rings is 3. The van der Waals surface area contributed by atoms with Crippen molar-refractivity contribution in [1.82, 2.24) is 9.97 Å². The van der Waals surface area contributed by atoms with Crippen LogP contribution < -0.4 is 21.1 Å². The number of ether oxygens (including phenoxy) is 1. The predicted molar refractivity (Wildman–Crippen MR) is 118 cm³/mol. The first-order chi connectivity index (χ1) is 15.9. The van der Waals surface area contributed by atoms with Crippen LogP contribution >= 0.6 is 0 Å². The number of nitrogens with zero attached hydrogens (tertiary/aromatic N) is 2. The van der Waals surface area contributed by atoms with Gasteiger partial charge in [0.1, 0.15) is 29.3 Å². The first-order valence-electron chi connectivity index (χ1n) is 9.71. The van der Waals surface area contributed by atoms with Gasteiger partial charge < -0.3 is 21.1 Å². The number of anilines is 2. The molecule has 0 fully saturated rings. The van der Waals surface area contributed by atoms with Crippen molar-refractivity contribution in [2.45, 2.75) is 6.54 Å². The maximum atomic E-state index is 13.9. The van der Waals surface area contributed by atoms with Crippen LogP contribution in [0.5, 0.6) is 5.75 Å². The van der Waals surface area contributed by atoms with Crippen molar-refractivity contribution in [1.29, 1.82) is 0 Å². The third-order valence-electron chi connectivity index (χ3n) is 4.66. The summed E-state index contributed by atoms with van der Waals surface area (Å²) in [5.41, 5.74) is 6.48. The minimum atomic E-state index is -0.949. The SMILES string of the molecule is NC(=O)Oc1cccc2c(NCc3cccc(NC(=O)c4ccc(F)cc4F)c3)ncnc12. The number of primary amides is 1. The van der Waals surface area contributed by atoms with Crippen molar-refractivity contribution in [2.24, 2.45) is 5.73 Å². The highest BCUT2D eigenvalue weighted by Crippen LogP contribution is 2.28. The van der Waals surface area contributed by atoms with Crippen molar-refractivity contribution in [3.05, 3.63) is 89.8 Å². The van der Waals surface area contributed by atoms with E-state index < -0.39 is 23.6 Å². The Morgan fingerprint density at radius 3 is 2.61 bits per heavy atom. The van der Waals surface area contributed by atoms with Gasteiger partial charge in [-0.05, 0) is 42.0 Å². The normalized spacial score (nSPS) is 10.6. The molecule has 1 aromatic heterocycles. The maximum absolute atomic E-state index is 13.9. The number of hydrogen-bond donors (Lipinski definition) is 3. The average molecular weight is 449 g/mol. The van der Waals surface area contributed by atoms with Gasteiger partial charge in [0.25, 0.3) is 5.91 Å². The second-order valence-electron chi connectivity index (χ2n) is 6.93. The van der Waals surface area contributed by atoms with E-state index in [1.165, 1.54) is 6.33 Å². The van der Waals surface area contributed by atoms with Crippen LogP contribution in [-0.2, 0) is 6.54 Å². The smallest absolute Gasteiger partial charge is 0.408 e. The van der Waals surface area contributed by atoms with Gasteiger partial charge in [0, 0.05) is 23.7 Å². The summed E-state index contributed by atoms with van der Waals surface area (Å²) in [6.07, 6.45) is 0.377. The molecule has 0 saturated heterocycles. The molecule has 2 amide bonds. The van der Waals surface area contributed by atoms with E-state index in [0.29, 0.717) is 35.0 Å². The van der Waals surface area contributed by atoms with Gasteiger partial charge in [0.15, 0.2) is 5.75 Å². The van der Waals surface area contributed by atoms with Crippen molar-refractivity contribution < 1.29 is 23.1 Å². The summed E-state index contributed by atoms with van der Waals surface area (Å²) in [5, 5.41) is 6.39. The summed E-state index contributed by atoms with van der Waals surface area (Å²) in [6, 6.07) is 14.7. The van der Waals surface area contributed by atoms with Gasteiger partial charge in [-0.2, -0.15) is 0 Å². The molecule has 0 radical (unpaired) electrons. The molecule has 0 spiro atoms. The van der Waals surface area contributed by atoms with Crippen molar-refractivity contribution >= 4 is 34.4 Å². The number of nitrogens with two attached hydrogens (primary N) is 1. The number of hydrogen-bond acceptors (Lipinski definition) is 6. The number of nitrogens with one attached hydrogen (secondary N) is 2. The van der Waals surface area contributed by atoms with Gasteiger partial charge in [0.05, 0.1) is 5.56 Å². The zero-order chi connectivity index (χ0) is 23.4. The van der Waals surface area contributed by atoms with E-state index in [0.717, 1.165) is 17.7 Å². The zero-order valence-corrected chi connectivity index (χ0v) is 17.0. The second kappa shape index (κ2) is 9.27. The second-order valence-corrected chi connectivity index (χ2v) is 6.93. The van der Waals surface area contributed by atoms with Gasteiger partial charge in [0.2, 0.25) is 0 Å². The Labute approximate surface area is 186 Å². The summed E-state index contributed by atoms with van der Waals surface area (Å²) in [5.74, 6) is -1.69. The molecule has 0 aliphatic carbocycles. The minimum Gasteiger partial charge on any atom is -0.408 e. The topological polar surface area (TPSA) is 119 Å². The van der Waals surface area contributed by atoms with E-state index in [1.807, 2.05) is 6.07 Å². The summed E-state index contributed by atoms with van der Waals surface area (Å²) >= 11 is 0. The quantitative estimate of drug-likeness (QED) is 0.405. The lowest BCUT2D eigenvalue weighted by Gasteiger charge is -2.11. The Hall–Kier alpha value is -4.60. The summed E-state index contributed by atoms with van der Waals surface area (Å²) in [4.78, 5) is 31.8. The lowest BCUT2D eigenvalue weighted by atomic mass is 10.1. The molecule has 3 aromatic carbocycles. The van der Waals surface area contributed by atoms with E-state index in [4.69, 9.17) is 10.5 Å². The summed E-state index contributed by atoms with van der Waals surface area (Å²) < 4.78 is 31.9. The fraction of sp³-hybridized carbons (Fsp3) is 0.0435. The third-order valence-corrected chi connectivity index (χ3v) is 4.66. The number of amides is 2. The standard InChI is InChI=1S/C23H17F2N5O3/c24-14-7-8-16(18(25)10-14)22(31)30-15-4-1-3-13(9-15)11-27-21-17-5-2-6-19(33-23(26)32)20(17)28-12-29-21/h1-10,12H,11H2,(H2,26,32)(H,30,31)(H,27,28,29). The molecular formula is C23H17F2N5O3. The molecule has 166 valence electrons. The largest absolute Gasteiger partial charge is 0.410 e. The van der Waals surface area contributed by atoms with E-state index >= 15 is 0 Å². The molecule has 0 unspecified atom stereocenters. The molecule has 0 saturated carbocycles. The number of fused-ring (bicyclic) bond motifs is 1. The first-order valence-corrected chi connectivity index (χ1v) is 9.71. The summed E-state index contributed by atoms with van der Waals surface area (Å²) in [7, 11) is 0. The molecule has 8 nitrogen and oxygen atoms in total. The van der Waals surface area contributed by atoms with E-state index in [-0.39, 0.29) is 11.3 Å². The molecule has 0 atom stereocenters. The minimum absolute atomic E-state index is 0.211. The van der Waals surface area contributed by atoms with Crippen LogP contribution in [-0.4, -0.2) is 22.0 Å². The van der Waals surface area contributed by atoms with Crippen LogP contribution in [0.3, 0.4) is 0 Å². The Kier molecular flexibility index (Phi) is 6.07. The Balaban J connectivity index is 1.50. The van der Waals surface area contributed by atoms with E-state index in [1.54, 1.807) is 36.4 Å². The third kappa shape index (κ3) is 5.01. The van der Waals surface area contributed by atoms with Crippen molar-refractivity contribution in [3.8, 4) is 5.75 Å². The maximum Gasteiger partial charge on any atom is 0.410 e. The Morgan fingerprint density at radius 2 is 1.82 bits per heavy atom. The highest BCUT2D eigenvalue weighted by Gasteiger charge is 2.13. The predicted octanol–water partition coefficient (Wildman–Crippen LogP) is 4.23. The number of carbonyl (C=O) groups is 2. The highest BCUT2D eigenvalue weighted by atomic mass is 19.1. The molecule has 10 heteroatoms. The molecule has 0 aliphatic rings. The van der Waals surface area contributed by atoms with E-state index in [2.05, 4.69) is 20.6 Å². The van der Waals surface area contributed by atoms with Crippen LogP contribution in [0.1, 0.15) is 15.9 Å². The van der Waals surface area contributed by atoms with Gasteiger partial charge in [-0.1, -0.05) is 18.2 Å². The van der Waals surface area contributed by atoms with Crippen LogP contribution in [0.2, 0.25) is 0 Å². The molecule has 4 N–H and O–H groups in total. The Bertz CT molecular complexity index is 1360. The van der Waals surface area contributed by atoms with Gasteiger partial charge in [-0.3, -0.25) is 4.79 Å². The van der Waals surface area contributed by atoms with Crippen LogP contribution in [0.4, 0.5) is 25.1 Å². The molecule has 4 aromatic rings. The monoisotopic (exact) mass is 449 g/mol. The molecule has 4 rings (SSSR count). The zero-order valence-electron chi connectivity index (χ0n) is 17.0. The highest BCUT2D eigenvalue weighted by molar-refractivity contribution is 6.04. The van der Waals surface area contributed by atoms with Gasteiger partial charge >= 0.3 is 6.09 Å². The van der Waals surface area contributed by atoms with Crippen molar-refractivity contribution in [3.63, 3.8) is 0 Å². The lowest BCUT2D eigenvalue weighted by Crippen LogP contribution is -2.16. The first kappa shape index (κ1) is 21.6. The van der Waals surface area contributed by atoms with Gasteiger partial charge in [-0.15, -0.1) is 0 Å².